The van der Waals surface area contributed by atoms with Crippen LogP contribution in [0, 0.1) is 0 Å². The number of hydrogen-bond acceptors (Lipinski definition) is 3. The summed E-state index contributed by atoms with van der Waals surface area (Å²) in [6.07, 6.45) is -0.102. The summed E-state index contributed by atoms with van der Waals surface area (Å²) in [5.74, 6) is -1.17. The van der Waals surface area contributed by atoms with E-state index in [1.165, 1.54) is 6.07 Å². The van der Waals surface area contributed by atoms with E-state index >= 15 is 0 Å². The topological polar surface area (TPSA) is 75.6 Å². The number of amides is 1. The first kappa shape index (κ1) is 20.2. The summed E-state index contributed by atoms with van der Waals surface area (Å²) in [6.45, 7) is 2.07. The maximum absolute atomic E-state index is 12.6. The van der Waals surface area contributed by atoms with Crippen molar-refractivity contribution in [1.82, 2.24) is 0 Å². The van der Waals surface area contributed by atoms with E-state index in [-0.39, 0.29) is 23.8 Å². The van der Waals surface area contributed by atoms with Crippen LogP contribution < -0.4 is 5.32 Å². The monoisotopic (exact) mass is 465 g/mol. The molecule has 6 heteroatoms. The SMILES string of the molecule is CCc1cc(Br)cc(C(=O)O)c1NC(=O)OCC1c2ccccc2-c2ccccc21. The van der Waals surface area contributed by atoms with Gasteiger partial charge in [0.25, 0.3) is 0 Å². The van der Waals surface area contributed by atoms with Crippen LogP contribution in [-0.2, 0) is 11.2 Å². The molecule has 1 aliphatic carbocycles. The van der Waals surface area contributed by atoms with Gasteiger partial charge in [0.05, 0.1) is 11.3 Å². The highest BCUT2D eigenvalue weighted by molar-refractivity contribution is 9.10. The second-order valence-electron chi connectivity index (χ2n) is 7.10. The maximum atomic E-state index is 12.6. The zero-order chi connectivity index (χ0) is 21.3. The second kappa shape index (κ2) is 8.32. The summed E-state index contributed by atoms with van der Waals surface area (Å²) in [6, 6.07) is 19.5. The van der Waals surface area contributed by atoms with Gasteiger partial charge in [-0.2, -0.15) is 0 Å². The molecule has 152 valence electrons. The molecular weight excluding hydrogens is 446 g/mol. The summed E-state index contributed by atoms with van der Waals surface area (Å²) < 4.78 is 6.20. The Balaban J connectivity index is 1.55. The Kier molecular flexibility index (Phi) is 5.59. The van der Waals surface area contributed by atoms with Crippen LogP contribution in [0.3, 0.4) is 0 Å². The Morgan fingerprint density at radius 3 is 2.20 bits per heavy atom. The van der Waals surface area contributed by atoms with Crippen molar-refractivity contribution in [3.05, 3.63) is 87.4 Å². The second-order valence-corrected chi connectivity index (χ2v) is 8.01. The molecule has 0 aliphatic heterocycles. The number of fused-ring (bicyclic) bond motifs is 3. The van der Waals surface area contributed by atoms with E-state index in [9.17, 15) is 14.7 Å². The van der Waals surface area contributed by atoms with Crippen LogP contribution in [0.25, 0.3) is 11.1 Å². The molecule has 0 fully saturated rings. The third kappa shape index (κ3) is 3.71. The largest absolute Gasteiger partial charge is 0.478 e. The number of carbonyl (C=O) groups is 2. The number of carboxylic acid groups (broad SMARTS) is 1. The molecule has 3 aromatic carbocycles. The van der Waals surface area contributed by atoms with Gasteiger partial charge >= 0.3 is 12.1 Å². The normalized spacial score (nSPS) is 12.2. The molecule has 0 spiro atoms. The average Bonchev–Trinajstić information content (AvgIpc) is 3.07. The number of carbonyl (C=O) groups excluding carboxylic acids is 1. The Labute approximate surface area is 182 Å². The zero-order valence-corrected chi connectivity index (χ0v) is 17.9. The van der Waals surface area contributed by atoms with Crippen molar-refractivity contribution in [2.24, 2.45) is 0 Å². The fourth-order valence-electron chi connectivity index (χ4n) is 3.99. The van der Waals surface area contributed by atoms with Gasteiger partial charge in [0, 0.05) is 10.4 Å². The number of ether oxygens (including phenoxy) is 1. The van der Waals surface area contributed by atoms with Crippen molar-refractivity contribution >= 4 is 33.7 Å². The van der Waals surface area contributed by atoms with Gasteiger partial charge in [-0.15, -0.1) is 0 Å². The Morgan fingerprint density at radius 1 is 1.03 bits per heavy atom. The summed E-state index contributed by atoms with van der Waals surface area (Å²) in [5.41, 5.74) is 5.55. The van der Waals surface area contributed by atoms with Gasteiger partial charge in [0.15, 0.2) is 0 Å². The number of benzene rings is 3. The highest BCUT2D eigenvalue weighted by atomic mass is 79.9. The molecule has 5 nitrogen and oxygen atoms in total. The van der Waals surface area contributed by atoms with Crippen LogP contribution in [0.2, 0.25) is 0 Å². The van der Waals surface area contributed by atoms with E-state index in [1.807, 2.05) is 43.3 Å². The van der Waals surface area contributed by atoms with Gasteiger partial charge in [0.1, 0.15) is 6.61 Å². The smallest absolute Gasteiger partial charge is 0.411 e. The summed E-state index contributed by atoms with van der Waals surface area (Å²) >= 11 is 3.32. The van der Waals surface area contributed by atoms with Crippen molar-refractivity contribution in [3.63, 3.8) is 0 Å². The lowest BCUT2D eigenvalue weighted by molar-refractivity contribution is 0.0698. The van der Waals surface area contributed by atoms with Crippen LogP contribution in [0.15, 0.2) is 65.1 Å². The van der Waals surface area contributed by atoms with Crippen LogP contribution >= 0.6 is 15.9 Å². The van der Waals surface area contributed by atoms with Crippen LogP contribution in [-0.4, -0.2) is 23.8 Å². The third-order valence-corrected chi connectivity index (χ3v) is 5.82. The lowest BCUT2D eigenvalue weighted by atomic mass is 9.98. The first-order chi connectivity index (χ1) is 14.5. The first-order valence-electron chi connectivity index (χ1n) is 9.67. The average molecular weight is 466 g/mol. The Morgan fingerprint density at radius 2 is 1.63 bits per heavy atom. The number of halogens is 1. The lowest BCUT2D eigenvalue weighted by Gasteiger charge is -2.17. The van der Waals surface area contributed by atoms with Gasteiger partial charge in [0.2, 0.25) is 0 Å². The van der Waals surface area contributed by atoms with Crippen molar-refractivity contribution in [2.75, 3.05) is 11.9 Å². The van der Waals surface area contributed by atoms with Crippen molar-refractivity contribution < 1.29 is 19.4 Å². The number of rotatable bonds is 5. The number of hydrogen-bond donors (Lipinski definition) is 2. The number of anilines is 1. The molecule has 1 aliphatic rings. The van der Waals surface area contributed by atoms with Crippen molar-refractivity contribution in [3.8, 4) is 11.1 Å². The molecule has 0 bridgehead atoms. The number of aryl methyl sites for hydroxylation is 1. The van der Waals surface area contributed by atoms with Gasteiger partial charge in [-0.1, -0.05) is 71.4 Å². The minimum Gasteiger partial charge on any atom is -0.478 e. The van der Waals surface area contributed by atoms with Crippen molar-refractivity contribution in [1.29, 1.82) is 0 Å². The third-order valence-electron chi connectivity index (χ3n) is 5.37. The van der Waals surface area contributed by atoms with Gasteiger partial charge in [-0.05, 0) is 46.4 Å². The van der Waals surface area contributed by atoms with Crippen LogP contribution in [0.4, 0.5) is 10.5 Å². The van der Waals surface area contributed by atoms with Gasteiger partial charge < -0.3 is 9.84 Å². The highest BCUT2D eigenvalue weighted by Crippen LogP contribution is 2.44. The molecule has 4 rings (SSSR count). The fraction of sp³-hybridized carbons (Fsp3) is 0.167. The molecule has 0 radical (unpaired) electrons. The van der Waals surface area contributed by atoms with E-state index in [0.29, 0.717) is 10.9 Å². The van der Waals surface area contributed by atoms with E-state index in [4.69, 9.17) is 4.74 Å². The summed E-state index contributed by atoms with van der Waals surface area (Å²) in [4.78, 5) is 24.2. The quantitative estimate of drug-likeness (QED) is 0.479. The Hall–Kier alpha value is -3.12. The standard InChI is InChI=1S/C24H20BrNO4/c1-2-14-11-15(25)12-20(23(27)28)22(14)26-24(29)30-13-21-18-9-5-3-7-16(18)17-8-4-6-10-19(17)21/h3-12,21H,2,13H2,1H3,(H,26,29)(H,27,28). The summed E-state index contributed by atoms with van der Waals surface area (Å²) in [7, 11) is 0. The van der Waals surface area contributed by atoms with E-state index in [1.54, 1.807) is 6.07 Å². The zero-order valence-electron chi connectivity index (χ0n) is 16.3. The minimum atomic E-state index is -1.11. The minimum absolute atomic E-state index is 0.0229. The first-order valence-corrected chi connectivity index (χ1v) is 10.5. The molecule has 0 heterocycles. The molecule has 0 aromatic heterocycles. The van der Waals surface area contributed by atoms with Crippen LogP contribution in [0.5, 0.6) is 0 Å². The van der Waals surface area contributed by atoms with Crippen LogP contribution in [0.1, 0.15) is 39.9 Å². The van der Waals surface area contributed by atoms with Gasteiger partial charge in [-0.3, -0.25) is 5.32 Å². The molecule has 1 amide bonds. The molecule has 0 saturated carbocycles. The molecule has 0 saturated heterocycles. The molecule has 30 heavy (non-hydrogen) atoms. The van der Waals surface area contributed by atoms with Gasteiger partial charge in [-0.25, -0.2) is 9.59 Å². The molecule has 2 N–H and O–H groups in total. The molecule has 0 atom stereocenters. The highest BCUT2D eigenvalue weighted by Gasteiger charge is 2.29. The predicted octanol–water partition coefficient (Wildman–Crippen LogP) is 6.07. The van der Waals surface area contributed by atoms with E-state index < -0.39 is 12.1 Å². The Bertz CT molecular complexity index is 1100. The molecule has 0 unspecified atom stereocenters. The summed E-state index contributed by atoms with van der Waals surface area (Å²) in [5, 5.41) is 12.2. The van der Waals surface area contributed by atoms with E-state index in [2.05, 4.69) is 33.4 Å². The number of nitrogens with one attached hydrogen (secondary N) is 1. The number of aromatic carboxylic acids is 1. The van der Waals surface area contributed by atoms with Crippen molar-refractivity contribution in [2.45, 2.75) is 19.3 Å². The number of carboxylic acids is 1. The molecular formula is C24H20BrNO4. The lowest BCUT2D eigenvalue weighted by Crippen LogP contribution is -2.20. The fourth-order valence-corrected chi connectivity index (χ4v) is 4.50. The maximum Gasteiger partial charge on any atom is 0.411 e. The predicted molar refractivity (Wildman–Crippen MR) is 119 cm³/mol. The van der Waals surface area contributed by atoms with E-state index in [0.717, 1.165) is 27.8 Å². The molecule has 3 aromatic rings.